The topological polar surface area (TPSA) is 93.9 Å². The number of rotatable bonds is 7. The van der Waals surface area contributed by atoms with Gasteiger partial charge in [0.25, 0.3) is 5.89 Å². The van der Waals surface area contributed by atoms with Gasteiger partial charge in [-0.3, -0.25) is 0 Å². The van der Waals surface area contributed by atoms with Crippen LogP contribution >= 0.6 is 0 Å². The lowest BCUT2D eigenvalue weighted by Crippen LogP contribution is -2.06. The molecule has 4 aromatic rings. The molecular weight excluding hydrogens is 411 g/mol. The van der Waals surface area contributed by atoms with Crippen LogP contribution in [0.1, 0.15) is 31.4 Å². The number of nitriles is 1. The Kier molecular flexibility index (Phi) is 5.73. The summed E-state index contributed by atoms with van der Waals surface area (Å²) in [6.07, 6.45) is 3.33. The van der Waals surface area contributed by atoms with Crippen molar-refractivity contribution in [2.45, 2.75) is 32.8 Å². The number of fused-ring (bicyclic) bond motifs is 1. The standard InChI is InChI=1S/C24H21FN4O3/c1-14(2)31-20-9-6-15(11-17(20)12-26)24-27-23(28-32-24)18-7-8-19(25)21-16(5-4-10-30)13-29(3)22(18)21/h6-11,13-14H,4-5H2,1-3H3. The number of ether oxygens (including phenoxy) is 1. The maximum Gasteiger partial charge on any atom is 0.258 e. The van der Waals surface area contributed by atoms with Gasteiger partial charge >= 0.3 is 0 Å². The van der Waals surface area contributed by atoms with Gasteiger partial charge in [0, 0.05) is 36.2 Å². The second-order valence-corrected chi connectivity index (χ2v) is 7.70. The lowest BCUT2D eigenvalue weighted by molar-refractivity contribution is -0.107. The number of halogens is 1. The van der Waals surface area contributed by atoms with Crippen LogP contribution in [0, 0.1) is 17.1 Å². The highest BCUT2D eigenvalue weighted by Crippen LogP contribution is 2.34. The zero-order valence-electron chi connectivity index (χ0n) is 17.9. The highest BCUT2D eigenvalue weighted by molar-refractivity contribution is 5.96. The first-order valence-electron chi connectivity index (χ1n) is 10.2. The van der Waals surface area contributed by atoms with Gasteiger partial charge < -0.3 is 18.6 Å². The predicted octanol–water partition coefficient (Wildman–Crippen LogP) is 4.82. The summed E-state index contributed by atoms with van der Waals surface area (Å²) in [6, 6.07) is 10.2. The molecule has 0 aliphatic rings. The summed E-state index contributed by atoms with van der Waals surface area (Å²) in [6.45, 7) is 3.77. The molecule has 0 spiro atoms. The Hall–Kier alpha value is -3.99. The van der Waals surface area contributed by atoms with Crippen LogP contribution in [0.5, 0.6) is 5.75 Å². The van der Waals surface area contributed by atoms with Crippen LogP contribution in [0.2, 0.25) is 0 Å². The van der Waals surface area contributed by atoms with Gasteiger partial charge in [-0.1, -0.05) is 5.16 Å². The highest BCUT2D eigenvalue weighted by atomic mass is 19.1. The summed E-state index contributed by atoms with van der Waals surface area (Å²) in [5.41, 5.74) is 2.92. The van der Waals surface area contributed by atoms with Crippen LogP contribution in [-0.2, 0) is 18.3 Å². The minimum absolute atomic E-state index is 0.0643. The van der Waals surface area contributed by atoms with Crippen molar-refractivity contribution in [1.29, 1.82) is 5.26 Å². The van der Waals surface area contributed by atoms with Crippen molar-refractivity contribution in [1.82, 2.24) is 14.7 Å². The third-order valence-corrected chi connectivity index (χ3v) is 5.06. The summed E-state index contributed by atoms with van der Waals surface area (Å²) in [4.78, 5) is 15.3. The van der Waals surface area contributed by atoms with Crippen LogP contribution in [0.15, 0.2) is 41.1 Å². The van der Waals surface area contributed by atoms with Crippen LogP contribution < -0.4 is 4.74 Å². The summed E-state index contributed by atoms with van der Waals surface area (Å²) in [7, 11) is 1.81. The Morgan fingerprint density at radius 1 is 1.31 bits per heavy atom. The number of hydrogen-bond donors (Lipinski definition) is 0. The van der Waals surface area contributed by atoms with Crippen LogP contribution in [0.3, 0.4) is 0 Å². The number of carbonyl (C=O) groups is 1. The smallest absolute Gasteiger partial charge is 0.258 e. The Bertz CT molecular complexity index is 1350. The second-order valence-electron chi connectivity index (χ2n) is 7.70. The summed E-state index contributed by atoms with van der Waals surface area (Å²) in [5.74, 6) is 0.654. The number of carbonyl (C=O) groups excluding carboxylic acids is 1. The molecule has 8 heteroatoms. The summed E-state index contributed by atoms with van der Waals surface area (Å²) in [5, 5.41) is 14.0. The van der Waals surface area contributed by atoms with Crippen molar-refractivity contribution in [3.8, 4) is 34.7 Å². The van der Waals surface area contributed by atoms with Crippen LogP contribution in [0.25, 0.3) is 33.7 Å². The highest BCUT2D eigenvalue weighted by Gasteiger charge is 2.20. The molecule has 2 heterocycles. The summed E-state index contributed by atoms with van der Waals surface area (Å²) < 4.78 is 27.6. The molecule has 0 bridgehead atoms. The van der Waals surface area contributed by atoms with E-state index in [1.54, 1.807) is 28.8 Å². The van der Waals surface area contributed by atoms with Crippen molar-refractivity contribution in [2.24, 2.45) is 7.05 Å². The first-order chi connectivity index (χ1) is 15.4. The fourth-order valence-electron chi connectivity index (χ4n) is 3.74. The molecule has 0 radical (unpaired) electrons. The van der Waals surface area contributed by atoms with Gasteiger partial charge in [-0.05, 0) is 56.2 Å². The van der Waals surface area contributed by atoms with Crippen molar-refractivity contribution in [3.63, 3.8) is 0 Å². The maximum atomic E-state index is 14.7. The number of benzene rings is 2. The minimum atomic E-state index is -0.367. The Morgan fingerprint density at radius 2 is 2.12 bits per heavy atom. The molecule has 0 unspecified atom stereocenters. The number of aromatic nitrogens is 3. The zero-order valence-corrected chi connectivity index (χ0v) is 17.9. The molecule has 2 aromatic carbocycles. The van der Waals surface area contributed by atoms with Gasteiger partial charge in [0.1, 0.15) is 23.9 Å². The van der Waals surface area contributed by atoms with Crippen LogP contribution in [0.4, 0.5) is 4.39 Å². The predicted molar refractivity (Wildman–Crippen MR) is 116 cm³/mol. The number of hydrogen-bond acceptors (Lipinski definition) is 6. The molecule has 0 amide bonds. The molecule has 32 heavy (non-hydrogen) atoms. The molecule has 162 valence electrons. The van der Waals surface area contributed by atoms with E-state index in [1.807, 2.05) is 27.1 Å². The second kappa shape index (κ2) is 8.63. The normalized spacial score (nSPS) is 11.1. The fraction of sp³-hybridized carbons (Fsp3) is 0.250. The maximum absolute atomic E-state index is 14.7. The van der Waals surface area contributed by atoms with Crippen molar-refractivity contribution in [3.05, 3.63) is 53.5 Å². The average Bonchev–Trinajstić information content (AvgIpc) is 3.38. The Morgan fingerprint density at radius 3 is 2.84 bits per heavy atom. The quantitative estimate of drug-likeness (QED) is 0.389. The molecule has 0 fully saturated rings. The molecule has 0 N–H and O–H groups in total. The lowest BCUT2D eigenvalue weighted by Gasteiger charge is -2.11. The molecule has 0 saturated heterocycles. The largest absolute Gasteiger partial charge is 0.490 e. The number of aldehydes is 1. The first kappa shape index (κ1) is 21.2. The van der Waals surface area contributed by atoms with E-state index in [1.165, 1.54) is 6.07 Å². The van der Waals surface area contributed by atoms with E-state index < -0.39 is 0 Å². The van der Waals surface area contributed by atoms with Gasteiger partial charge in [-0.25, -0.2) is 4.39 Å². The lowest BCUT2D eigenvalue weighted by atomic mass is 10.0. The van der Waals surface area contributed by atoms with Gasteiger partial charge in [-0.2, -0.15) is 10.2 Å². The minimum Gasteiger partial charge on any atom is -0.490 e. The van der Waals surface area contributed by atoms with E-state index >= 15 is 0 Å². The molecule has 0 aliphatic carbocycles. The fourth-order valence-corrected chi connectivity index (χ4v) is 3.74. The van der Waals surface area contributed by atoms with Gasteiger partial charge in [0.05, 0.1) is 17.2 Å². The summed E-state index contributed by atoms with van der Waals surface area (Å²) >= 11 is 0. The van der Waals surface area contributed by atoms with E-state index in [0.717, 1.165) is 11.8 Å². The number of nitrogens with zero attached hydrogens (tertiary/aromatic N) is 4. The first-order valence-corrected chi connectivity index (χ1v) is 10.2. The third-order valence-electron chi connectivity index (χ3n) is 5.06. The average molecular weight is 432 g/mol. The molecule has 0 aliphatic heterocycles. The Labute approximate surface area is 184 Å². The molecule has 7 nitrogen and oxygen atoms in total. The molecule has 4 rings (SSSR count). The van der Waals surface area contributed by atoms with Crippen LogP contribution in [-0.4, -0.2) is 27.1 Å². The van der Waals surface area contributed by atoms with Crippen molar-refractivity contribution >= 4 is 17.2 Å². The monoisotopic (exact) mass is 432 g/mol. The zero-order chi connectivity index (χ0) is 22.8. The van der Waals surface area contributed by atoms with E-state index in [2.05, 4.69) is 16.2 Å². The Balaban J connectivity index is 1.76. The SMILES string of the molecule is CC(C)Oc1ccc(-c2nc(-c3ccc(F)c4c(CCC=O)cn(C)c34)no2)cc1C#N. The van der Waals surface area contributed by atoms with Crippen molar-refractivity contribution < 1.29 is 18.4 Å². The third kappa shape index (κ3) is 3.85. The molecule has 0 saturated carbocycles. The van der Waals surface area contributed by atoms with E-state index in [-0.39, 0.29) is 17.8 Å². The van der Waals surface area contributed by atoms with Gasteiger partial charge in [0.15, 0.2) is 0 Å². The van der Waals surface area contributed by atoms with E-state index in [4.69, 9.17) is 9.26 Å². The van der Waals surface area contributed by atoms with E-state index in [0.29, 0.717) is 52.0 Å². The number of aryl methyl sites for hydroxylation is 2. The van der Waals surface area contributed by atoms with Gasteiger partial charge in [0.2, 0.25) is 5.82 Å². The van der Waals surface area contributed by atoms with E-state index in [9.17, 15) is 14.4 Å². The van der Waals surface area contributed by atoms with Crippen molar-refractivity contribution in [2.75, 3.05) is 0 Å². The molecule has 0 atom stereocenters. The molecule has 2 aromatic heterocycles. The molecular formula is C24H21FN4O3. The van der Waals surface area contributed by atoms with Gasteiger partial charge in [-0.15, -0.1) is 0 Å².